The Morgan fingerprint density at radius 1 is 1.14 bits per heavy atom. The van der Waals surface area contributed by atoms with Gasteiger partial charge in [-0.3, -0.25) is 4.98 Å². The number of nitrogens with zero attached hydrogens (tertiary/aromatic N) is 3. The summed E-state index contributed by atoms with van der Waals surface area (Å²) in [6, 6.07) is 7.98. The van der Waals surface area contributed by atoms with Crippen LogP contribution in [0.5, 0.6) is 0 Å². The van der Waals surface area contributed by atoms with E-state index < -0.39 is 0 Å². The highest BCUT2D eigenvalue weighted by Crippen LogP contribution is 2.25. The number of fused-ring (bicyclic) bond motifs is 3. The minimum Gasteiger partial charge on any atom is -0.382 e. The topological polar surface area (TPSA) is 75.2 Å². The van der Waals surface area contributed by atoms with Crippen LogP contribution < -0.4 is 5.73 Å². The average molecular weight is 286 g/mol. The Hall–Kier alpha value is -2.18. The Morgan fingerprint density at radius 3 is 2.86 bits per heavy atom. The molecule has 0 saturated heterocycles. The number of nitrogen functional groups attached to an aromatic ring is 1. The predicted octanol–water partition coefficient (Wildman–Crippen LogP) is 1.83. The number of aromatic nitrogens is 3. The van der Waals surface area contributed by atoms with Gasteiger partial charge in [0.1, 0.15) is 5.52 Å². The highest BCUT2D eigenvalue weighted by atomic mass is 16.5. The molecule has 0 aliphatic rings. The highest BCUT2D eigenvalue weighted by Gasteiger charge is 2.11. The maximum Gasteiger partial charge on any atom is 0.201 e. The molecule has 110 valence electrons. The van der Waals surface area contributed by atoms with Gasteiger partial charge in [-0.25, -0.2) is 4.98 Å². The van der Waals surface area contributed by atoms with Crippen molar-refractivity contribution in [2.75, 3.05) is 32.7 Å². The third kappa shape index (κ3) is 2.68. The quantitative estimate of drug-likeness (QED) is 0.700. The second-order valence-corrected chi connectivity index (χ2v) is 4.74. The highest BCUT2D eigenvalue weighted by molar-refractivity contribution is 6.02. The monoisotopic (exact) mass is 286 g/mol. The zero-order valence-electron chi connectivity index (χ0n) is 12.0. The fraction of sp³-hybridized carbons (Fsp3) is 0.333. The van der Waals surface area contributed by atoms with Crippen molar-refractivity contribution < 1.29 is 9.47 Å². The number of benzene rings is 1. The van der Waals surface area contributed by atoms with Gasteiger partial charge in [0, 0.05) is 19.0 Å². The second-order valence-electron chi connectivity index (χ2n) is 4.74. The molecule has 1 aromatic carbocycles. The lowest BCUT2D eigenvalue weighted by atomic mass is 10.2. The Kier molecular flexibility index (Phi) is 3.98. The molecule has 0 fully saturated rings. The molecule has 0 aliphatic carbocycles. The molecule has 0 spiro atoms. The summed E-state index contributed by atoms with van der Waals surface area (Å²) >= 11 is 0. The molecule has 0 saturated carbocycles. The number of nitrogens with two attached hydrogens (primary N) is 1. The van der Waals surface area contributed by atoms with Gasteiger partial charge in [0.2, 0.25) is 5.95 Å². The fourth-order valence-electron chi connectivity index (χ4n) is 2.41. The first-order valence-corrected chi connectivity index (χ1v) is 6.87. The van der Waals surface area contributed by atoms with Crippen LogP contribution in [0.15, 0.2) is 30.5 Å². The molecule has 0 unspecified atom stereocenters. The van der Waals surface area contributed by atoms with Crippen LogP contribution in [0.3, 0.4) is 0 Å². The summed E-state index contributed by atoms with van der Waals surface area (Å²) in [5.41, 5.74) is 8.78. The van der Waals surface area contributed by atoms with Crippen LogP contribution in [0, 0.1) is 0 Å². The number of anilines is 1. The number of imidazole rings is 1. The average Bonchev–Trinajstić information content (AvgIpc) is 2.83. The Bertz CT molecular complexity index is 754. The van der Waals surface area contributed by atoms with Gasteiger partial charge in [-0.1, -0.05) is 18.2 Å². The summed E-state index contributed by atoms with van der Waals surface area (Å²) in [7, 11) is 1.66. The zero-order valence-corrected chi connectivity index (χ0v) is 12.0. The van der Waals surface area contributed by atoms with Crippen LogP contribution >= 0.6 is 0 Å². The van der Waals surface area contributed by atoms with Gasteiger partial charge in [0.15, 0.2) is 0 Å². The molecular weight excluding hydrogens is 268 g/mol. The maximum absolute atomic E-state index is 6.03. The molecule has 0 aliphatic heterocycles. The largest absolute Gasteiger partial charge is 0.382 e. The molecule has 3 aromatic rings. The predicted molar refractivity (Wildman–Crippen MR) is 82.1 cm³/mol. The van der Waals surface area contributed by atoms with E-state index >= 15 is 0 Å². The fourth-order valence-corrected chi connectivity index (χ4v) is 2.41. The molecular formula is C15H18N4O2. The lowest BCUT2D eigenvalue weighted by molar-refractivity contribution is 0.0672. The number of methoxy groups -OCH3 is 1. The number of pyridine rings is 1. The van der Waals surface area contributed by atoms with Crippen molar-refractivity contribution in [3.63, 3.8) is 0 Å². The third-order valence-corrected chi connectivity index (χ3v) is 3.40. The van der Waals surface area contributed by atoms with Gasteiger partial charge in [-0.2, -0.15) is 0 Å². The Balaban J connectivity index is 1.93. The summed E-state index contributed by atoms with van der Waals surface area (Å²) in [5.74, 6) is 0.485. The van der Waals surface area contributed by atoms with Crippen molar-refractivity contribution in [2.45, 2.75) is 6.54 Å². The summed E-state index contributed by atoms with van der Waals surface area (Å²) in [4.78, 5) is 8.78. The van der Waals surface area contributed by atoms with Crippen LogP contribution in [0.4, 0.5) is 5.95 Å². The molecule has 0 bridgehead atoms. The van der Waals surface area contributed by atoms with Crippen molar-refractivity contribution in [2.24, 2.45) is 0 Å². The number of hydrogen-bond acceptors (Lipinski definition) is 5. The Labute approximate surface area is 122 Å². The minimum absolute atomic E-state index is 0.485. The SMILES string of the molecule is COCCOCCn1c(N)nc2cnc3ccccc3c21. The van der Waals surface area contributed by atoms with Crippen LogP contribution in [0.25, 0.3) is 21.9 Å². The Morgan fingerprint density at radius 2 is 2.00 bits per heavy atom. The molecule has 0 amide bonds. The van der Waals surface area contributed by atoms with Crippen LogP contribution in [0.2, 0.25) is 0 Å². The molecule has 0 radical (unpaired) electrons. The number of para-hydroxylation sites is 1. The molecule has 0 atom stereocenters. The van der Waals surface area contributed by atoms with Crippen molar-refractivity contribution in [1.82, 2.24) is 14.5 Å². The normalized spacial score (nSPS) is 11.5. The molecule has 2 N–H and O–H groups in total. The summed E-state index contributed by atoms with van der Waals surface area (Å²) in [6.45, 7) is 2.38. The van der Waals surface area contributed by atoms with Gasteiger partial charge in [0.25, 0.3) is 0 Å². The standard InChI is InChI=1S/C15H18N4O2/c1-20-8-9-21-7-6-19-14-11-4-2-3-5-12(11)17-10-13(14)18-15(19)16/h2-5,10H,6-9H2,1H3,(H2,16,18). The summed E-state index contributed by atoms with van der Waals surface area (Å²) < 4.78 is 12.5. The lowest BCUT2D eigenvalue weighted by Crippen LogP contribution is -2.11. The van der Waals surface area contributed by atoms with E-state index in [0.29, 0.717) is 32.3 Å². The van der Waals surface area contributed by atoms with Gasteiger partial charge in [0.05, 0.1) is 37.1 Å². The van der Waals surface area contributed by atoms with E-state index in [-0.39, 0.29) is 0 Å². The van der Waals surface area contributed by atoms with Crippen LogP contribution in [-0.4, -0.2) is 41.5 Å². The first-order valence-electron chi connectivity index (χ1n) is 6.87. The van der Waals surface area contributed by atoms with Gasteiger partial charge in [-0.05, 0) is 6.07 Å². The van der Waals surface area contributed by atoms with Crippen LogP contribution in [0.1, 0.15) is 0 Å². The molecule has 3 rings (SSSR count). The van der Waals surface area contributed by atoms with Crippen molar-refractivity contribution in [3.05, 3.63) is 30.5 Å². The second kappa shape index (κ2) is 6.07. The van der Waals surface area contributed by atoms with Gasteiger partial charge in [-0.15, -0.1) is 0 Å². The van der Waals surface area contributed by atoms with E-state index in [4.69, 9.17) is 15.2 Å². The molecule has 2 aromatic heterocycles. The summed E-state index contributed by atoms with van der Waals surface area (Å²) in [5, 5.41) is 1.05. The smallest absolute Gasteiger partial charge is 0.201 e. The van der Waals surface area contributed by atoms with Crippen molar-refractivity contribution >= 4 is 27.9 Å². The third-order valence-electron chi connectivity index (χ3n) is 3.40. The van der Waals surface area contributed by atoms with E-state index in [9.17, 15) is 0 Å². The zero-order chi connectivity index (χ0) is 14.7. The number of rotatable bonds is 6. The molecule has 21 heavy (non-hydrogen) atoms. The van der Waals surface area contributed by atoms with Crippen molar-refractivity contribution in [3.8, 4) is 0 Å². The van der Waals surface area contributed by atoms with Gasteiger partial charge < -0.3 is 19.8 Å². The maximum atomic E-state index is 6.03. The number of hydrogen-bond donors (Lipinski definition) is 1. The van der Waals surface area contributed by atoms with E-state index in [2.05, 4.69) is 9.97 Å². The molecule has 2 heterocycles. The van der Waals surface area contributed by atoms with Crippen LogP contribution in [-0.2, 0) is 16.0 Å². The first kappa shape index (κ1) is 13.8. The number of ether oxygens (including phenoxy) is 2. The minimum atomic E-state index is 0.485. The van der Waals surface area contributed by atoms with Gasteiger partial charge >= 0.3 is 0 Å². The molecule has 6 nitrogen and oxygen atoms in total. The van der Waals surface area contributed by atoms with E-state index in [0.717, 1.165) is 21.9 Å². The van der Waals surface area contributed by atoms with Crippen molar-refractivity contribution in [1.29, 1.82) is 0 Å². The van der Waals surface area contributed by atoms with E-state index in [1.807, 2.05) is 28.8 Å². The van der Waals surface area contributed by atoms with E-state index in [1.54, 1.807) is 13.3 Å². The summed E-state index contributed by atoms with van der Waals surface area (Å²) in [6.07, 6.45) is 1.76. The first-order chi connectivity index (χ1) is 10.3. The molecule has 6 heteroatoms. The lowest BCUT2D eigenvalue weighted by Gasteiger charge is -2.08. The van der Waals surface area contributed by atoms with E-state index in [1.165, 1.54) is 0 Å².